The summed E-state index contributed by atoms with van der Waals surface area (Å²) in [4.78, 5) is 12.1. The van der Waals surface area contributed by atoms with Crippen molar-refractivity contribution >= 4 is 17.3 Å². The molecule has 0 bridgehead atoms. The lowest BCUT2D eigenvalue weighted by Gasteiger charge is -2.07. The molecule has 2 aromatic rings. The number of hydrogen-bond acceptors (Lipinski definition) is 3. The van der Waals surface area contributed by atoms with Gasteiger partial charge in [-0.15, -0.1) is 11.3 Å². The van der Waals surface area contributed by atoms with Crippen molar-refractivity contribution in [2.24, 2.45) is 0 Å². The highest BCUT2D eigenvalue weighted by Gasteiger charge is 2.20. The van der Waals surface area contributed by atoms with Crippen LogP contribution in [0.4, 0.5) is 4.39 Å². The average molecular weight is 264 g/mol. The van der Waals surface area contributed by atoms with Crippen molar-refractivity contribution in [1.29, 1.82) is 0 Å². The van der Waals surface area contributed by atoms with E-state index in [0.29, 0.717) is 16.0 Å². The molecular formula is C14H13FO2S. The maximum Gasteiger partial charge on any atom is 0.348 e. The van der Waals surface area contributed by atoms with Gasteiger partial charge in [-0.2, -0.15) is 0 Å². The average Bonchev–Trinajstić information content (AvgIpc) is 2.73. The lowest BCUT2D eigenvalue weighted by atomic mass is 10.00. The van der Waals surface area contributed by atoms with Gasteiger partial charge in [0.15, 0.2) is 0 Å². The molecule has 0 aliphatic heterocycles. The fourth-order valence-corrected chi connectivity index (χ4v) is 2.83. The van der Waals surface area contributed by atoms with E-state index in [2.05, 4.69) is 0 Å². The van der Waals surface area contributed by atoms with Crippen LogP contribution in [0, 0.1) is 19.7 Å². The third-order valence-electron chi connectivity index (χ3n) is 2.74. The van der Waals surface area contributed by atoms with Crippen LogP contribution in [-0.2, 0) is 4.74 Å². The van der Waals surface area contributed by atoms with Crippen LogP contribution in [0.15, 0.2) is 23.6 Å². The number of esters is 1. The minimum absolute atomic E-state index is 0.327. The van der Waals surface area contributed by atoms with E-state index < -0.39 is 5.97 Å². The Kier molecular flexibility index (Phi) is 3.48. The molecule has 0 amide bonds. The summed E-state index contributed by atoms with van der Waals surface area (Å²) in [6.07, 6.45) is 0. The number of methoxy groups -OCH3 is 1. The standard InChI is InChI=1S/C14H13FO2S/c1-8-4-5-11(15)10(6-8)12-9(2)7-18-13(12)14(16)17-3/h4-7H,1-3H3. The smallest absolute Gasteiger partial charge is 0.348 e. The number of ether oxygens (including phenoxy) is 1. The molecule has 2 nitrogen and oxygen atoms in total. The summed E-state index contributed by atoms with van der Waals surface area (Å²) in [5.74, 6) is -0.753. The van der Waals surface area contributed by atoms with Crippen LogP contribution in [0.1, 0.15) is 20.8 Å². The summed E-state index contributed by atoms with van der Waals surface area (Å²) < 4.78 is 18.6. The highest BCUT2D eigenvalue weighted by molar-refractivity contribution is 7.12. The maximum atomic E-state index is 13.9. The van der Waals surface area contributed by atoms with Crippen molar-refractivity contribution in [2.45, 2.75) is 13.8 Å². The second-order valence-corrected chi connectivity index (χ2v) is 4.98. The van der Waals surface area contributed by atoms with Crippen LogP contribution in [-0.4, -0.2) is 13.1 Å². The molecule has 0 N–H and O–H groups in total. The largest absolute Gasteiger partial charge is 0.465 e. The van der Waals surface area contributed by atoms with Crippen LogP contribution in [0.2, 0.25) is 0 Å². The second-order valence-electron chi connectivity index (χ2n) is 4.10. The van der Waals surface area contributed by atoms with Gasteiger partial charge in [-0.3, -0.25) is 0 Å². The van der Waals surface area contributed by atoms with E-state index >= 15 is 0 Å². The zero-order valence-corrected chi connectivity index (χ0v) is 11.2. The first kappa shape index (κ1) is 12.8. The summed E-state index contributed by atoms with van der Waals surface area (Å²) in [7, 11) is 1.33. The lowest BCUT2D eigenvalue weighted by Crippen LogP contribution is -2.01. The summed E-state index contributed by atoms with van der Waals surface area (Å²) in [6, 6.07) is 4.87. The zero-order valence-electron chi connectivity index (χ0n) is 10.4. The van der Waals surface area contributed by atoms with E-state index in [4.69, 9.17) is 4.74 Å². The van der Waals surface area contributed by atoms with Gasteiger partial charge in [0, 0.05) is 11.1 Å². The van der Waals surface area contributed by atoms with Gasteiger partial charge in [-0.25, -0.2) is 9.18 Å². The Balaban J connectivity index is 2.66. The number of aryl methyl sites for hydroxylation is 2. The maximum absolute atomic E-state index is 13.9. The van der Waals surface area contributed by atoms with Gasteiger partial charge in [0.2, 0.25) is 0 Å². The number of rotatable bonds is 2. The minimum Gasteiger partial charge on any atom is -0.465 e. The van der Waals surface area contributed by atoms with Crippen LogP contribution < -0.4 is 0 Å². The van der Waals surface area contributed by atoms with Crippen LogP contribution in [0.3, 0.4) is 0 Å². The predicted molar refractivity (Wildman–Crippen MR) is 70.5 cm³/mol. The normalized spacial score (nSPS) is 10.4. The van der Waals surface area contributed by atoms with Gasteiger partial charge < -0.3 is 4.74 Å². The summed E-state index contributed by atoms with van der Waals surface area (Å²) in [5, 5.41) is 1.84. The molecule has 1 aromatic carbocycles. The first-order valence-corrected chi connectivity index (χ1v) is 6.35. The molecule has 18 heavy (non-hydrogen) atoms. The molecule has 2 rings (SSSR count). The minimum atomic E-state index is -0.427. The third-order valence-corrected chi connectivity index (χ3v) is 3.81. The van der Waals surface area contributed by atoms with Crippen molar-refractivity contribution in [2.75, 3.05) is 7.11 Å². The fourth-order valence-electron chi connectivity index (χ4n) is 1.85. The van der Waals surface area contributed by atoms with Crippen LogP contribution in [0.25, 0.3) is 11.1 Å². The highest BCUT2D eigenvalue weighted by atomic mass is 32.1. The molecule has 0 fully saturated rings. The Morgan fingerprint density at radius 1 is 1.33 bits per heavy atom. The van der Waals surface area contributed by atoms with E-state index in [-0.39, 0.29) is 5.82 Å². The van der Waals surface area contributed by atoms with Crippen LogP contribution in [0.5, 0.6) is 0 Å². The summed E-state index contributed by atoms with van der Waals surface area (Å²) >= 11 is 1.28. The Bertz CT molecular complexity index is 602. The summed E-state index contributed by atoms with van der Waals surface area (Å²) in [5.41, 5.74) is 2.92. The number of halogens is 1. The van der Waals surface area contributed by atoms with Crippen molar-refractivity contribution < 1.29 is 13.9 Å². The number of carbonyl (C=O) groups is 1. The number of hydrogen-bond donors (Lipinski definition) is 0. The monoisotopic (exact) mass is 264 g/mol. The number of thiophene rings is 1. The van der Waals surface area contributed by atoms with Crippen LogP contribution >= 0.6 is 11.3 Å². The van der Waals surface area contributed by atoms with E-state index in [1.807, 2.05) is 19.2 Å². The predicted octanol–water partition coefficient (Wildman–Crippen LogP) is 3.96. The van der Waals surface area contributed by atoms with Gasteiger partial charge in [-0.05, 0) is 36.9 Å². The molecule has 0 aliphatic carbocycles. The van der Waals surface area contributed by atoms with Crippen molar-refractivity contribution in [1.82, 2.24) is 0 Å². The Morgan fingerprint density at radius 2 is 2.06 bits per heavy atom. The molecule has 0 saturated heterocycles. The quantitative estimate of drug-likeness (QED) is 0.767. The molecule has 0 spiro atoms. The molecular weight excluding hydrogens is 251 g/mol. The van der Waals surface area contributed by atoms with Gasteiger partial charge >= 0.3 is 5.97 Å². The fraction of sp³-hybridized carbons (Fsp3) is 0.214. The van der Waals surface area contributed by atoms with E-state index in [1.165, 1.54) is 24.5 Å². The second kappa shape index (κ2) is 4.90. The molecule has 0 unspecified atom stereocenters. The highest BCUT2D eigenvalue weighted by Crippen LogP contribution is 2.35. The van der Waals surface area contributed by atoms with Gasteiger partial charge in [0.25, 0.3) is 0 Å². The van der Waals surface area contributed by atoms with E-state index in [0.717, 1.165) is 11.1 Å². The van der Waals surface area contributed by atoms with Crippen molar-refractivity contribution in [3.8, 4) is 11.1 Å². The molecule has 0 radical (unpaired) electrons. The van der Waals surface area contributed by atoms with Gasteiger partial charge in [0.05, 0.1) is 7.11 Å². The third kappa shape index (κ3) is 2.16. The SMILES string of the molecule is COC(=O)c1scc(C)c1-c1cc(C)ccc1F. The lowest BCUT2D eigenvalue weighted by molar-refractivity contribution is 0.0607. The molecule has 0 aliphatic rings. The first-order chi connectivity index (χ1) is 8.54. The first-order valence-electron chi connectivity index (χ1n) is 5.47. The van der Waals surface area contributed by atoms with Gasteiger partial charge in [-0.1, -0.05) is 11.6 Å². The molecule has 1 aromatic heterocycles. The molecule has 0 atom stereocenters. The van der Waals surface area contributed by atoms with Crippen molar-refractivity contribution in [3.63, 3.8) is 0 Å². The van der Waals surface area contributed by atoms with E-state index in [1.54, 1.807) is 12.1 Å². The Labute approximate surface area is 109 Å². The van der Waals surface area contributed by atoms with E-state index in [9.17, 15) is 9.18 Å². The number of carbonyl (C=O) groups excluding carboxylic acids is 1. The van der Waals surface area contributed by atoms with Crippen molar-refractivity contribution in [3.05, 3.63) is 45.4 Å². The molecule has 94 valence electrons. The Hall–Kier alpha value is -1.68. The molecule has 1 heterocycles. The molecule has 4 heteroatoms. The number of benzene rings is 1. The topological polar surface area (TPSA) is 26.3 Å². The Morgan fingerprint density at radius 3 is 2.72 bits per heavy atom. The zero-order chi connectivity index (χ0) is 13.3. The summed E-state index contributed by atoms with van der Waals surface area (Å²) in [6.45, 7) is 3.75. The molecule has 0 saturated carbocycles. The van der Waals surface area contributed by atoms with Gasteiger partial charge in [0.1, 0.15) is 10.7 Å².